The average molecular weight is 493 g/mol. The lowest BCUT2D eigenvalue weighted by atomic mass is 10.2. The second-order valence-electron chi connectivity index (χ2n) is 8.59. The summed E-state index contributed by atoms with van der Waals surface area (Å²) in [5.74, 6) is 0.999. The molecule has 0 spiro atoms. The van der Waals surface area contributed by atoms with E-state index in [2.05, 4.69) is 20.3 Å². The van der Waals surface area contributed by atoms with Crippen molar-refractivity contribution < 1.29 is 17.9 Å². The fraction of sp³-hybridized carbons (Fsp3) is 0.571. The molecule has 14 heteroatoms. The molecule has 0 aromatic carbocycles. The lowest BCUT2D eigenvalue weighted by Crippen LogP contribution is -2.51. The van der Waals surface area contributed by atoms with Crippen LogP contribution in [0.1, 0.15) is 13.3 Å². The van der Waals surface area contributed by atoms with Gasteiger partial charge in [-0.15, -0.1) is 0 Å². The molecule has 1 unspecified atom stereocenters. The van der Waals surface area contributed by atoms with Crippen molar-refractivity contribution in [2.45, 2.75) is 32.1 Å². The number of piperazine rings is 1. The van der Waals surface area contributed by atoms with Crippen molar-refractivity contribution in [3.05, 3.63) is 12.4 Å². The third kappa shape index (κ3) is 4.93. The quantitative estimate of drug-likeness (QED) is 0.541. The zero-order chi connectivity index (χ0) is 24.6. The summed E-state index contributed by atoms with van der Waals surface area (Å²) in [6.45, 7) is 4.63. The standard InChI is InChI=1S/C21H27F3N10O/c1-2-14-11-33(4-3-26-14)20-29-15-17(32-5-7-35-8-6-32)30-16(13-9-27-19(25)28-10-13)31-18(15)34(20)12-21(22,23)24/h9-10,14,26H,2-8,11-12H2,1H3,(H2,25,27,28). The highest BCUT2D eigenvalue weighted by atomic mass is 19.4. The van der Waals surface area contributed by atoms with Gasteiger partial charge in [0.2, 0.25) is 11.9 Å². The topological polar surface area (TPSA) is 123 Å². The highest BCUT2D eigenvalue weighted by Crippen LogP contribution is 2.33. The van der Waals surface area contributed by atoms with Crippen molar-refractivity contribution in [1.82, 2.24) is 34.8 Å². The van der Waals surface area contributed by atoms with E-state index in [0.717, 1.165) is 11.0 Å². The van der Waals surface area contributed by atoms with Crippen molar-refractivity contribution in [3.8, 4) is 11.4 Å². The van der Waals surface area contributed by atoms with Gasteiger partial charge >= 0.3 is 6.18 Å². The van der Waals surface area contributed by atoms with Gasteiger partial charge in [0.05, 0.1) is 18.8 Å². The van der Waals surface area contributed by atoms with Crippen LogP contribution in [0.25, 0.3) is 22.6 Å². The van der Waals surface area contributed by atoms with Gasteiger partial charge in [0.25, 0.3) is 0 Å². The largest absolute Gasteiger partial charge is 0.406 e. The minimum Gasteiger partial charge on any atom is -0.378 e. The summed E-state index contributed by atoms with van der Waals surface area (Å²) in [6, 6.07) is 0.162. The first-order chi connectivity index (χ1) is 16.8. The third-order valence-electron chi connectivity index (χ3n) is 6.17. The first-order valence-electron chi connectivity index (χ1n) is 11.6. The number of anilines is 3. The Balaban J connectivity index is 1.71. The summed E-state index contributed by atoms with van der Waals surface area (Å²) >= 11 is 0. The third-order valence-corrected chi connectivity index (χ3v) is 6.17. The zero-order valence-corrected chi connectivity index (χ0v) is 19.3. The SMILES string of the molecule is CCC1CN(c2nc3c(N4CCOCC4)nc(-c4cnc(N)nc4)nc3n2CC(F)(F)F)CCN1. The smallest absolute Gasteiger partial charge is 0.378 e. The molecule has 3 aromatic heterocycles. The van der Waals surface area contributed by atoms with Crippen LogP contribution in [0.3, 0.4) is 0 Å². The Morgan fingerprint density at radius 3 is 2.51 bits per heavy atom. The Bertz CT molecular complexity index is 1180. The lowest BCUT2D eigenvalue weighted by Gasteiger charge is -2.34. The van der Waals surface area contributed by atoms with Gasteiger partial charge in [-0.25, -0.2) is 24.9 Å². The Morgan fingerprint density at radius 2 is 1.83 bits per heavy atom. The van der Waals surface area contributed by atoms with Gasteiger partial charge in [-0.05, 0) is 6.42 Å². The van der Waals surface area contributed by atoms with E-state index in [1.54, 1.807) is 0 Å². The van der Waals surface area contributed by atoms with E-state index >= 15 is 0 Å². The van der Waals surface area contributed by atoms with Crippen LogP contribution in [0.4, 0.5) is 30.9 Å². The van der Waals surface area contributed by atoms with Crippen LogP contribution in [-0.2, 0) is 11.3 Å². The molecule has 188 valence electrons. The van der Waals surface area contributed by atoms with Gasteiger partial charge in [-0.2, -0.15) is 13.2 Å². The normalized spacial score (nSPS) is 19.5. The summed E-state index contributed by atoms with van der Waals surface area (Å²) in [6.07, 6.45) is -0.689. The molecule has 3 N–H and O–H groups in total. The molecular weight excluding hydrogens is 465 g/mol. The first kappa shape index (κ1) is 23.5. The number of nitrogens with two attached hydrogens (primary N) is 1. The minimum atomic E-state index is -4.46. The number of nitrogen functional groups attached to an aromatic ring is 1. The van der Waals surface area contributed by atoms with Crippen LogP contribution in [0.2, 0.25) is 0 Å². The fourth-order valence-corrected chi connectivity index (χ4v) is 4.40. The van der Waals surface area contributed by atoms with Crippen molar-refractivity contribution in [1.29, 1.82) is 0 Å². The number of halogens is 3. The Hall–Kier alpha value is -3.26. The Labute approximate surface area is 199 Å². The number of hydrogen-bond acceptors (Lipinski definition) is 10. The van der Waals surface area contributed by atoms with E-state index in [4.69, 9.17) is 20.4 Å². The number of morpholine rings is 1. The summed E-state index contributed by atoms with van der Waals surface area (Å²) in [5, 5.41) is 3.39. The number of nitrogens with one attached hydrogen (secondary N) is 1. The van der Waals surface area contributed by atoms with E-state index in [1.165, 1.54) is 12.4 Å². The van der Waals surface area contributed by atoms with Crippen LogP contribution in [-0.4, -0.2) is 87.6 Å². The predicted octanol–water partition coefficient (Wildman–Crippen LogP) is 1.45. The van der Waals surface area contributed by atoms with Crippen LogP contribution >= 0.6 is 0 Å². The molecule has 2 fully saturated rings. The zero-order valence-electron chi connectivity index (χ0n) is 19.3. The second kappa shape index (κ2) is 9.41. The minimum absolute atomic E-state index is 0.0804. The van der Waals surface area contributed by atoms with E-state index in [9.17, 15) is 13.2 Å². The molecule has 1 atom stereocenters. The van der Waals surface area contributed by atoms with Crippen LogP contribution in [0.5, 0.6) is 0 Å². The van der Waals surface area contributed by atoms with Crippen LogP contribution in [0, 0.1) is 0 Å². The molecule has 0 bridgehead atoms. The molecule has 0 amide bonds. The first-order valence-corrected chi connectivity index (χ1v) is 11.6. The molecule has 35 heavy (non-hydrogen) atoms. The summed E-state index contributed by atoms with van der Waals surface area (Å²) in [5.41, 5.74) is 6.51. The number of hydrogen-bond donors (Lipinski definition) is 2. The molecule has 2 aliphatic heterocycles. The molecule has 0 saturated carbocycles. The van der Waals surface area contributed by atoms with Crippen molar-refractivity contribution in [2.24, 2.45) is 0 Å². The number of ether oxygens (including phenoxy) is 1. The number of imidazole rings is 1. The van der Waals surface area contributed by atoms with E-state index in [0.29, 0.717) is 62.8 Å². The molecule has 5 heterocycles. The maximum atomic E-state index is 13.8. The van der Waals surface area contributed by atoms with E-state index in [-0.39, 0.29) is 29.4 Å². The Kier molecular flexibility index (Phi) is 6.32. The average Bonchev–Trinajstić information content (AvgIpc) is 3.21. The molecular formula is C21H27F3N10O. The van der Waals surface area contributed by atoms with Crippen molar-refractivity contribution in [2.75, 3.05) is 61.5 Å². The summed E-state index contributed by atoms with van der Waals surface area (Å²) in [7, 11) is 0. The maximum absolute atomic E-state index is 13.8. The predicted molar refractivity (Wildman–Crippen MR) is 124 cm³/mol. The number of aromatic nitrogens is 6. The van der Waals surface area contributed by atoms with Crippen LogP contribution < -0.4 is 20.9 Å². The van der Waals surface area contributed by atoms with Crippen LogP contribution in [0.15, 0.2) is 12.4 Å². The molecule has 0 radical (unpaired) electrons. The number of alkyl halides is 3. The lowest BCUT2D eigenvalue weighted by molar-refractivity contribution is -0.139. The molecule has 5 rings (SSSR count). The highest BCUT2D eigenvalue weighted by Gasteiger charge is 2.34. The molecule has 11 nitrogen and oxygen atoms in total. The van der Waals surface area contributed by atoms with Gasteiger partial charge < -0.3 is 25.6 Å². The van der Waals surface area contributed by atoms with Gasteiger partial charge in [-0.3, -0.25) is 4.57 Å². The molecule has 3 aromatic rings. The van der Waals surface area contributed by atoms with Crippen molar-refractivity contribution >= 4 is 28.9 Å². The monoisotopic (exact) mass is 492 g/mol. The van der Waals surface area contributed by atoms with Crippen molar-refractivity contribution in [3.63, 3.8) is 0 Å². The fourth-order valence-electron chi connectivity index (χ4n) is 4.40. The van der Waals surface area contributed by atoms with Gasteiger partial charge in [0.1, 0.15) is 6.54 Å². The summed E-state index contributed by atoms with van der Waals surface area (Å²) < 4.78 is 47.9. The number of rotatable bonds is 5. The highest BCUT2D eigenvalue weighted by molar-refractivity contribution is 5.88. The summed E-state index contributed by atoms with van der Waals surface area (Å²) in [4.78, 5) is 25.8. The van der Waals surface area contributed by atoms with Gasteiger partial charge in [0.15, 0.2) is 22.8 Å². The molecule has 2 saturated heterocycles. The number of fused-ring (bicyclic) bond motifs is 1. The second-order valence-corrected chi connectivity index (χ2v) is 8.59. The maximum Gasteiger partial charge on any atom is 0.406 e. The van der Waals surface area contributed by atoms with E-state index in [1.807, 2.05) is 16.7 Å². The van der Waals surface area contributed by atoms with E-state index < -0.39 is 12.7 Å². The Morgan fingerprint density at radius 1 is 1.09 bits per heavy atom. The van der Waals surface area contributed by atoms with Gasteiger partial charge in [0, 0.05) is 51.2 Å². The van der Waals surface area contributed by atoms with Gasteiger partial charge in [-0.1, -0.05) is 6.92 Å². The molecule has 2 aliphatic rings. The molecule has 0 aliphatic carbocycles. The number of nitrogens with zero attached hydrogens (tertiary/aromatic N) is 8.